The first-order valence-corrected chi connectivity index (χ1v) is 10.5. The predicted molar refractivity (Wildman–Crippen MR) is 120 cm³/mol. The second kappa shape index (κ2) is 10.4. The van der Waals surface area contributed by atoms with Crippen LogP contribution in [0, 0.1) is 20.8 Å². The maximum Gasteiger partial charge on any atom is 0.243 e. The van der Waals surface area contributed by atoms with Crippen LogP contribution in [-0.2, 0) is 16.1 Å². The highest BCUT2D eigenvalue weighted by Crippen LogP contribution is 2.21. The molecule has 0 aliphatic carbocycles. The first-order chi connectivity index (χ1) is 14.4. The van der Waals surface area contributed by atoms with Gasteiger partial charge in [-0.2, -0.15) is 0 Å². The molecule has 0 bridgehead atoms. The van der Waals surface area contributed by atoms with E-state index in [0.717, 1.165) is 49.5 Å². The topological polar surface area (TPSA) is 64.7 Å². The molecule has 1 fully saturated rings. The predicted octanol–water partition coefficient (Wildman–Crippen LogP) is 2.48. The van der Waals surface area contributed by atoms with Crippen LogP contribution in [0.3, 0.4) is 0 Å². The van der Waals surface area contributed by atoms with Gasteiger partial charge in [-0.05, 0) is 37.5 Å². The van der Waals surface area contributed by atoms with Gasteiger partial charge in [-0.3, -0.25) is 19.4 Å². The van der Waals surface area contributed by atoms with E-state index >= 15 is 0 Å². The van der Waals surface area contributed by atoms with Gasteiger partial charge in [-0.25, -0.2) is 0 Å². The van der Waals surface area contributed by atoms with E-state index in [-0.39, 0.29) is 18.4 Å². The molecule has 6 heteroatoms. The zero-order valence-corrected chi connectivity index (χ0v) is 18.2. The van der Waals surface area contributed by atoms with Crippen LogP contribution >= 0.6 is 0 Å². The van der Waals surface area contributed by atoms with Crippen LogP contribution < -0.4 is 10.6 Å². The summed E-state index contributed by atoms with van der Waals surface area (Å²) in [6.45, 7) is 10.8. The van der Waals surface area contributed by atoms with E-state index in [1.54, 1.807) is 0 Å². The van der Waals surface area contributed by atoms with Crippen LogP contribution in [0.15, 0.2) is 42.5 Å². The lowest BCUT2D eigenvalue weighted by Crippen LogP contribution is -2.49. The van der Waals surface area contributed by atoms with Crippen LogP contribution in [0.25, 0.3) is 0 Å². The molecule has 0 aromatic heterocycles. The number of nitrogens with zero attached hydrogens (tertiary/aromatic N) is 2. The van der Waals surface area contributed by atoms with Gasteiger partial charge in [0.05, 0.1) is 13.1 Å². The lowest BCUT2D eigenvalue weighted by Gasteiger charge is -2.34. The van der Waals surface area contributed by atoms with Gasteiger partial charge in [0.25, 0.3) is 0 Å². The molecule has 2 aromatic carbocycles. The second-order valence-electron chi connectivity index (χ2n) is 8.14. The van der Waals surface area contributed by atoms with Crippen LogP contribution in [-0.4, -0.2) is 60.9 Å². The number of carbonyl (C=O) groups is 2. The maximum atomic E-state index is 12.3. The summed E-state index contributed by atoms with van der Waals surface area (Å²) in [5, 5.41) is 5.66. The van der Waals surface area contributed by atoms with Crippen molar-refractivity contribution >= 4 is 17.5 Å². The molecule has 0 atom stereocenters. The van der Waals surface area contributed by atoms with Gasteiger partial charge >= 0.3 is 0 Å². The molecule has 0 unspecified atom stereocenters. The van der Waals surface area contributed by atoms with Crippen molar-refractivity contribution in [2.75, 3.05) is 44.6 Å². The third-order valence-electron chi connectivity index (χ3n) is 5.47. The molecule has 1 aliphatic rings. The molecule has 0 radical (unpaired) electrons. The Kier molecular flexibility index (Phi) is 7.60. The van der Waals surface area contributed by atoms with Gasteiger partial charge in [-0.1, -0.05) is 48.0 Å². The second-order valence-corrected chi connectivity index (χ2v) is 8.14. The van der Waals surface area contributed by atoms with E-state index in [2.05, 4.69) is 44.7 Å². The van der Waals surface area contributed by atoms with Crippen LogP contribution in [0.4, 0.5) is 5.69 Å². The number of hydrogen-bond donors (Lipinski definition) is 2. The van der Waals surface area contributed by atoms with Crippen LogP contribution in [0.2, 0.25) is 0 Å². The number of benzene rings is 2. The van der Waals surface area contributed by atoms with Gasteiger partial charge in [0.15, 0.2) is 0 Å². The van der Waals surface area contributed by atoms with Crippen molar-refractivity contribution in [2.24, 2.45) is 0 Å². The molecule has 0 spiro atoms. The number of anilines is 1. The highest BCUT2D eigenvalue weighted by atomic mass is 16.2. The fraction of sp³-hybridized carbons (Fsp3) is 0.417. The Balaban J connectivity index is 1.37. The summed E-state index contributed by atoms with van der Waals surface area (Å²) in [5.41, 5.74) is 5.37. The summed E-state index contributed by atoms with van der Waals surface area (Å²) >= 11 is 0. The third kappa shape index (κ3) is 6.40. The van der Waals surface area contributed by atoms with Crippen molar-refractivity contribution in [3.63, 3.8) is 0 Å². The van der Waals surface area contributed by atoms with Crippen LogP contribution in [0.1, 0.15) is 22.3 Å². The Hall–Kier alpha value is -2.70. The lowest BCUT2D eigenvalue weighted by molar-refractivity contribution is -0.125. The van der Waals surface area contributed by atoms with Gasteiger partial charge in [0.1, 0.15) is 0 Å². The highest BCUT2D eigenvalue weighted by Gasteiger charge is 2.19. The molecule has 2 amide bonds. The number of nitrogens with one attached hydrogen (secondary N) is 2. The SMILES string of the molecule is Cc1cc(C)c(NC(=O)CNC(=O)CN2CCN(Cc3ccccc3)CC2)c(C)c1. The normalized spacial score (nSPS) is 15.0. The Morgan fingerprint density at radius 3 is 2.10 bits per heavy atom. The Morgan fingerprint density at radius 2 is 1.47 bits per heavy atom. The van der Waals surface area contributed by atoms with Crippen molar-refractivity contribution in [1.29, 1.82) is 0 Å². The van der Waals surface area contributed by atoms with Crippen molar-refractivity contribution in [3.8, 4) is 0 Å². The largest absolute Gasteiger partial charge is 0.346 e. The van der Waals surface area contributed by atoms with Crippen molar-refractivity contribution < 1.29 is 9.59 Å². The first-order valence-electron chi connectivity index (χ1n) is 10.5. The van der Waals surface area contributed by atoms with Gasteiger partial charge in [-0.15, -0.1) is 0 Å². The molecule has 1 aliphatic heterocycles. The minimum absolute atomic E-state index is 0.0143. The average molecular weight is 409 g/mol. The quantitative estimate of drug-likeness (QED) is 0.739. The molecule has 6 nitrogen and oxygen atoms in total. The van der Waals surface area contributed by atoms with E-state index in [4.69, 9.17) is 0 Å². The molecular formula is C24H32N4O2. The third-order valence-corrected chi connectivity index (χ3v) is 5.47. The lowest BCUT2D eigenvalue weighted by atomic mass is 10.1. The minimum atomic E-state index is -0.203. The molecule has 160 valence electrons. The average Bonchev–Trinajstić information content (AvgIpc) is 2.71. The molecule has 1 saturated heterocycles. The summed E-state index contributed by atoms with van der Waals surface area (Å²) in [6, 6.07) is 14.5. The Morgan fingerprint density at radius 1 is 0.867 bits per heavy atom. The first kappa shape index (κ1) is 22.0. The molecule has 2 N–H and O–H groups in total. The van der Waals surface area contributed by atoms with E-state index < -0.39 is 0 Å². The molecule has 0 saturated carbocycles. The van der Waals surface area contributed by atoms with Crippen molar-refractivity contribution in [1.82, 2.24) is 15.1 Å². The fourth-order valence-electron chi connectivity index (χ4n) is 3.95. The maximum absolute atomic E-state index is 12.3. The number of aryl methyl sites for hydroxylation is 3. The van der Waals surface area contributed by atoms with Crippen molar-refractivity contribution in [2.45, 2.75) is 27.3 Å². The van der Waals surface area contributed by atoms with Crippen LogP contribution in [0.5, 0.6) is 0 Å². The van der Waals surface area contributed by atoms with Gasteiger partial charge < -0.3 is 10.6 Å². The minimum Gasteiger partial charge on any atom is -0.346 e. The molecule has 2 aromatic rings. The molecule has 1 heterocycles. The number of rotatable bonds is 7. The number of piperazine rings is 1. The fourth-order valence-corrected chi connectivity index (χ4v) is 3.95. The standard InChI is InChI=1S/C24H32N4O2/c1-18-13-19(2)24(20(3)14-18)26-22(29)15-25-23(30)17-28-11-9-27(10-12-28)16-21-7-5-4-6-8-21/h4-8,13-14H,9-12,15-17H2,1-3H3,(H,25,30)(H,26,29). The van der Waals surface area contributed by atoms with E-state index in [0.29, 0.717) is 6.54 Å². The number of carbonyl (C=O) groups excluding carboxylic acids is 2. The van der Waals surface area contributed by atoms with E-state index in [1.807, 2.05) is 39.0 Å². The van der Waals surface area contributed by atoms with Gasteiger partial charge in [0.2, 0.25) is 11.8 Å². The zero-order chi connectivity index (χ0) is 21.5. The monoisotopic (exact) mass is 408 g/mol. The van der Waals surface area contributed by atoms with E-state index in [9.17, 15) is 9.59 Å². The molecular weight excluding hydrogens is 376 g/mol. The Bertz CT molecular complexity index is 851. The molecule has 3 rings (SSSR count). The zero-order valence-electron chi connectivity index (χ0n) is 18.2. The molecule has 30 heavy (non-hydrogen) atoms. The summed E-state index contributed by atoms with van der Waals surface area (Å²) in [5.74, 6) is -0.315. The summed E-state index contributed by atoms with van der Waals surface area (Å²) in [7, 11) is 0. The number of hydrogen-bond acceptors (Lipinski definition) is 4. The Labute approximate surface area is 179 Å². The van der Waals surface area contributed by atoms with E-state index in [1.165, 1.54) is 11.1 Å². The summed E-state index contributed by atoms with van der Waals surface area (Å²) in [4.78, 5) is 29.1. The smallest absolute Gasteiger partial charge is 0.243 e. The van der Waals surface area contributed by atoms with Gasteiger partial charge in [0, 0.05) is 38.4 Å². The summed E-state index contributed by atoms with van der Waals surface area (Å²) in [6.07, 6.45) is 0. The summed E-state index contributed by atoms with van der Waals surface area (Å²) < 4.78 is 0. The van der Waals surface area contributed by atoms with Crippen molar-refractivity contribution in [3.05, 3.63) is 64.7 Å². The number of amides is 2. The highest BCUT2D eigenvalue weighted by molar-refractivity contribution is 5.96.